The Balaban J connectivity index is 2.55. The highest BCUT2D eigenvalue weighted by molar-refractivity contribution is 7.45. The quantitative estimate of drug-likeness (QED) is 0.0181. The number of unbranched alkanes of at least 4 members (excludes halogenated alkanes) is 8. The van der Waals surface area contributed by atoms with E-state index in [4.69, 9.17) is 18.5 Å². The third-order valence-corrected chi connectivity index (χ3v) is 11.3. The van der Waals surface area contributed by atoms with Gasteiger partial charge in [-0.2, -0.15) is 0 Å². The molecule has 3 N–H and O–H groups in total. The molecule has 0 aromatic carbocycles. The monoisotopic (exact) mass is 880 g/mol. The van der Waals surface area contributed by atoms with E-state index in [1.54, 1.807) is 24.3 Å². The van der Waals surface area contributed by atoms with Gasteiger partial charge in [-0.05, 0) is 70.1 Å². The molecule has 13 heteroatoms. The Morgan fingerprint density at radius 2 is 1.36 bits per heavy atom. The molecule has 1 aliphatic rings. The van der Waals surface area contributed by atoms with Gasteiger partial charge in [0.2, 0.25) is 0 Å². The minimum Gasteiger partial charge on any atom is -0.756 e. The van der Waals surface area contributed by atoms with Crippen molar-refractivity contribution >= 4 is 19.8 Å². The number of phosphoric ester groups is 1. The Morgan fingerprint density at radius 1 is 0.754 bits per heavy atom. The first-order valence-electron chi connectivity index (χ1n) is 22.9. The Hall–Kier alpha value is -2.67. The minimum absolute atomic E-state index is 0.0974. The number of likely N-dealkylation sites (N-methyl/N-ethyl adjacent to an activating group) is 1. The number of phosphoric acid groups is 1. The number of aliphatic hydroxyl groups is 3. The van der Waals surface area contributed by atoms with Gasteiger partial charge in [0.05, 0.1) is 52.5 Å². The number of aliphatic hydroxyl groups excluding tert-OH is 3. The predicted molar refractivity (Wildman–Crippen MR) is 242 cm³/mol. The summed E-state index contributed by atoms with van der Waals surface area (Å²) >= 11 is 0. The maximum Gasteiger partial charge on any atom is 0.310 e. The van der Waals surface area contributed by atoms with Crippen molar-refractivity contribution in [3.63, 3.8) is 0 Å². The van der Waals surface area contributed by atoms with Crippen LogP contribution in [-0.2, 0) is 32.7 Å². The number of esters is 2. The second-order valence-corrected chi connectivity index (χ2v) is 18.5. The fraction of sp³-hybridized carbons (Fsp3) is 0.708. The Kier molecular flexibility index (Phi) is 32.1. The first-order valence-corrected chi connectivity index (χ1v) is 24.4. The highest BCUT2D eigenvalue weighted by Gasteiger charge is 2.39. The third kappa shape index (κ3) is 31.8. The molecule has 0 bridgehead atoms. The van der Waals surface area contributed by atoms with E-state index in [0.717, 1.165) is 57.8 Å². The summed E-state index contributed by atoms with van der Waals surface area (Å²) in [5, 5.41) is 31.4. The highest BCUT2D eigenvalue weighted by Crippen LogP contribution is 2.38. The van der Waals surface area contributed by atoms with Crippen LogP contribution < -0.4 is 4.89 Å². The molecule has 12 nitrogen and oxygen atoms in total. The number of hydrogen-bond donors (Lipinski definition) is 3. The van der Waals surface area contributed by atoms with Crippen LogP contribution in [-0.4, -0.2) is 104 Å². The number of allylic oxidation sites excluding steroid dienone is 9. The number of rotatable bonds is 36. The maximum atomic E-state index is 12.8. The van der Waals surface area contributed by atoms with Crippen LogP contribution in [0, 0.1) is 11.8 Å². The fourth-order valence-corrected chi connectivity index (χ4v) is 7.34. The summed E-state index contributed by atoms with van der Waals surface area (Å²) in [5.41, 5.74) is 0. The Bertz CT molecular complexity index is 1390. The molecule has 0 heterocycles. The van der Waals surface area contributed by atoms with Crippen molar-refractivity contribution in [2.75, 3.05) is 47.5 Å². The predicted octanol–water partition coefficient (Wildman–Crippen LogP) is 8.77. The van der Waals surface area contributed by atoms with E-state index in [2.05, 4.69) is 62.5 Å². The standard InChI is InChI=1S/C48H82NO11P/c1-6-8-10-11-12-13-14-15-16-17-18-19-20-21-22-23-24-25-27-32-47(53)57-39-42(40-59-61(55,56)58-37-36-49(3,4)5)60-48(54)33-29-28-31-43-44(46(52)38-45(43)51)35-34-41(50)30-26-9-7-2/h12-13,15-16,18-19,21-22,28-29,34-35,41-46,50-52H,6-11,14,17,20,23-27,30-33,36-40H2,1-5H3/b13-12-,16-15-,19-18-,22-21-,29-28-,35-34+/t41-,42-,43+,44-,45+,46-/m1/s1. The molecule has 0 amide bonds. The van der Waals surface area contributed by atoms with E-state index in [-0.39, 0.29) is 44.3 Å². The zero-order valence-electron chi connectivity index (χ0n) is 38.2. The molecular weight excluding hydrogens is 797 g/mol. The first-order chi connectivity index (χ1) is 29.2. The summed E-state index contributed by atoms with van der Waals surface area (Å²) in [5.74, 6) is -1.83. The lowest BCUT2D eigenvalue weighted by atomic mass is 9.89. The first kappa shape index (κ1) is 56.3. The molecule has 1 saturated carbocycles. The number of carbonyl (C=O) groups excluding carboxylic acids is 2. The zero-order valence-corrected chi connectivity index (χ0v) is 39.1. The van der Waals surface area contributed by atoms with E-state index in [1.165, 1.54) is 25.7 Å². The molecule has 1 unspecified atom stereocenters. The normalized spacial score (nSPS) is 20.9. The average molecular weight is 880 g/mol. The van der Waals surface area contributed by atoms with Gasteiger partial charge in [0, 0.05) is 18.8 Å². The van der Waals surface area contributed by atoms with E-state index in [9.17, 15) is 34.4 Å². The summed E-state index contributed by atoms with van der Waals surface area (Å²) < 4.78 is 33.8. The Labute approximate surface area is 368 Å². The molecule has 0 saturated heterocycles. The van der Waals surface area contributed by atoms with Gasteiger partial charge in [0.15, 0.2) is 6.10 Å². The second kappa shape index (κ2) is 34.8. The van der Waals surface area contributed by atoms with Crippen LogP contribution in [0.5, 0.6) is 0 Å². The SMILES string of the molecule is CCCCC/C=C\C/C=C\C/C=C\C/C=C\CCCCCC(=O)OC[C@H](COP(=O)([O-])OCC[N+](C)(C)C)OC(=O)C/C=C\C[C@H]1[C@@H](/C=C/[C@H](O)CCCCC)[C@H](O)C[C@@H]1O. The largest absolute Gasteiger partial charge is 0.756 e. The number of ether oxygens (including phenoxy) is 2. The van der Waals surface area contributed by atoms with E-state index < -0.39 is 50.8 Å². The summed E-state index contributed by atoms with van der Waals surface area (Å²) in [6.45, 7) is 3.65. The van der Waals surface area contributed by atoms with Crippen LogP contribution in [0.25, 0.3) is 0 Å². The molecule has 0 aromatic heterocycles. The topological polar surface area (TPSA) is 172 Å². The fourth-order valence-electron chi connectivity index (χ4n) is 6.61. The molecule has 0 spiro atoms. The summed E-state index contributed by atoms with van der Waals surface area (Å²) in [7, 11) is 0.939. The molecule has 350 valence electrons. The zero-order chi connectivity index (χ0) is 45.2. The van der Waals surface area contributed by atoms with Crippen LogP contribution in [0.15, 0.2) is 72.9 Å². The van der Waals surface area contributed by atoms with Gasteiger partial charge >= 0.3 is 11.9 Å². The van der Waals surface area contributed by atoms with Crippen LogP contribution >= 0.6 is 7.82 Å². The maximum absolute atomic E-state index is 12.8. The minimum atomic E-state index is -4.73. The van der Waals surface area contributed by atoms with Crippen LogP contribution in [0.4, 0.5) is 0 Å². The van der Waals surface area contributed by atoms with Crippen molar-refractivity contribution in [2.24, 2.45) is 11.8 Å². The van der Waals surface area contributed by atoms with Crippen molar-refractivity contribution in [3.8, 4) is 0 Å². The van der Waals surface area contributed by atoms with Gasteiger partial charge in [-0.15, -0.1) is 0 Å². The molecule has 1 aliphatic carbocycles. The summed E-state index contributed by atoms with van der Waals surface area (Å²) in [6, 6.07) is 0. The van der Waals surface area contributed by atoms with Gasteiger partial charge < -0.3 is 43.2 Å². The highest BCUT2D eigenvalue weighted by atomic mass is 31.2. The Morgan fingerprint density at radius 3 is 1.98 bits per heavy atom. The summed E-state index contributed by atoms with van der Waals surface area (Å²) in [4.78, 5) is 37.8. The van der Waals surface area contributed by atoms with Gasteiger partial charge in [-0.3, -0.25) is 14.2 Å². The van der Waals surface area contributed by atoms with Gasteiger partial charge in [0.25, 0.3) is 7.82 Å². The van der Waals surface area contributed by atoms with Crippen molar-refractivity contribution in [3.05, 3.63) is 72.9 Å². The lowest BCUT2D eigenvalue weighted by molar-refractivity contribution is -0.870. The lowest BCUT2D eigenvalue weighted by Gasteiger charge is -2.28. The van der Waals surface area contributed by atoms with Crippen LogP contribution in [0.1, 0.15) is 136 Å². The van der Waals surface area contributed by atoms with Gasteiger partial charge in [0.1, 0.15) is 19.8 Å². The molecule has 7 atom stereocenters. The van der Waals surface area contributed by atoms with Crippen molar-refractivity contribution in [1.29, 1.82) is 0 Å². The summed E-state index contributed by atoms with van der Waals surface area (Å²) in [6.07, 6.45) is 36.3. The number of quaternary nitrogens is 1. The molecule has 61 heavy (non-hydrogen) atoms. The van der Waals surface area contributed by atoms with E-state index in [0.29, 0.717) is 30.3 Å². The molecular formula is C48H82NO11P. The smallest absolute Gasteiger partial charge is 0.310 e. The third-order valence-electron chi connectivity index (χ3n) is 10.3. The lowest BCUT2D eigenvalue weighted by Crippen LogP contribution is -2.37. The second-order valence-electron chi connectivity index (χ2n) is 17.0. The van der Waals surface area contributed by atoms with Crippen molar-refractivity contribution in [2.45, 2.75) is 160 Å². The molecule has 0 aliphatic heterocycles. The molecule has 0 radical (unpaired) electrons. The van der Waals surface area contributed by atoms with Crippen molar-refractivity contribution < 1.29 is 57.4 Å². The van der Waals surface area contributed by atoms with Crippen LogP contribution in [0.3, 0.4) is 0 Å². The number of carbonyl (C=O) groups is 2. The number of hydrogen-bond acceptors (Lipinski definition) is 11. The molecule has 1 fully saturated rings. The van der Waals surface area contributed by atoms with E-state index >= 15 is 0 Å². The van der Waals surface area contributed by atoms with E-state index in [1.807, 2.05) is 21.1 Å². The average Bonchev–Trinajstić information content (AvgIpc) is 3.47. The molecule has 0 aromatic rings. The van der Waals surface area contributed by atoms with Gasteiger partial charge in [-0.1, -0.05) is 125 Å². The van der Waals surface area contributed by atoms with Gasteiger partial charge in [-0.25, -0.2) is 0 Å². The number of nitrogens with zero attached hydrogens (tertiary/aromatic N) is 1. The molecule has 1 rings (SSSR count). The van der Waals surface area contributed by atoms with Crippen molar-refractivity contribution in [1.82, 2.24) is 0 Å². The van der Waals surface area contributed by atoms with Crippen LogP contribution in [0.2, 0.25) is 0 Å².